The molecular formula is C115H212N16O3S3. The zero-order chi connectivity index (χ0) is 110. The van der Waals surface area contributed by atoms with Crippen molar-refractivity contribution in [2.45, 2.75) is 360 Å². The summed E-state index contributed by atoms with van der Waals surface area (Å²) in [5.74, 6) is 0. The Balaban J connectivity index is -0.000000106. The summed E-state index contributed by atoms with van der Waals surface area (Å²) in [5, 5.41) is 22.2. The van der Waals surface area contributed by atoms with E-state index in [4.69, 9.17) is 0 Å². The highest BCUT2D eigenvalue weighted by Crippen LogP contribution is 2.14. The molecule has 0 bridgehead atoms. The SMILES string of the molecule is CC(C)(C)C.CC(C)(C)C.CC(C)(C)C.CC(C)(C)C.CC(C)(C)C.CC(C)(C)C.CC(C)(C)C.CC(C)(C)C.CC(C)(C)C.CC(C)(C)C.CC(C)(C)C.CC(C)(C)C.CC(C)(C)C.Cn1cccc1.Cn1cccn1.Cn1ccnc1.c1ccncc1.c1ccnnc1.c1ccoc1.c1ccsc1.c1cnccn1.c1cncnc1.c1cnoc1.c1cnsc1.c1cocn1.c1cscn1. The Morgan fingerprint density at radius 3 is 0.672 bits per heavy atom. The van der Waals surface area contributed by atoms with Gasteiger partial charge in [-0.1, -0.05) is 383 Å². The fourth-order valence-electron chi connectivity index (χ4n) is 3.32. The lowest BCUT2D eigenvalue weighted by Crippen LogP contribution is -1.93. The Morgan fingerprint density at radius 1 is 0.219 bits per heavy atom. The van der Waals surface area contributed by atoms with Crippen molar-refractivity contribution in [1.29, 1.82) is 0 Å². The maximum Gasteiger partial charge on any atom is 0.180 e. The molecule has 0 aliphatic carbocycles. The number of oxazole rings is 1. The van der Waals surface area contributed by atoms with Crippen LogP contribution >= 0.6 is 34.2 Å². The number of aryl methyl sites for hydroxylation is 3. The molecule has 0 aliphatic heterocycles. The summed E-state index contributed by atoms with van der Waals surface area (Å²) in [6.07, 6.45) is 45.6. The molecule has 0 atom stereocenters. The van der Waals surface area contributed by atoms with E-state index >= 15 is 0 Å². The van der Waals surface area contributed by atoms with Gasteiger partial charge in [0.15, 0.2) is 6.39 Å². The minimum absolute atomic E-state index is 0.500. The topological polar surface area (TPSA) is 222 Å². The quantitative estimate of drug-likeness (QED) is 0.138. The van der Waals surface area contributed by atoms with Crippen LogP contribution in [0.4, 0.5) is 0 Å². The van der Waals surface area contributed by atoms with E-state index in [-0.39, 0.29) is 0 Å². The zero-order valence-corrected chi connectivity index (χ0v) is 101. The third-order valence-corrected chi connectivity index (χ3v) is 7.94. The van der Waals surface area contributed by atoms with Crippen LogP contribution in [0.5, 0.6) is 0 Å². The summed E-state index contributed by atoms with van der Waals surface area (Å²) < 4.78 is 22.8. The number of pyridine rings is 1. The summed E-state index contributed by atoms with van der Waals surface area (Å²) in [5.41, 5.74) is 8.29. The maximum absolute atomic E-state index is 4.58. The predicted octanol–water partition coefficient (Wildman–Crippen LogP) is 37.7. The molecule has 0 fully saturated rings. The van der Waals surface area contributed by atoms with Gasteiger partial charge in [-0.15, -0.1) is 11.3 Å². The molecule has 0 amide bonds. The lowest BCUT2D eigenvalue weighted by atomic mass is 10.0. The number of thiophene rings is 1. The van der Waals surface area contributed by atoms with E-state index in [2.05, 4.69) is 438 Å². The molecule has 13 aromatic rings. The van der Waals surface area contributed by atoms with Gasteiger partial charge in [-0.25, -0.2) is 24.3 Å². The lowest BCUT2D eigenvalue weighted by molar-refractivity contribution is 0.420. The summed E-state index contributed by atoms with van der Waals surface area (Å²) >= 11 is 4.78. The fraction of sp³-hybridized carbons (Fsp3) is 0.591. The van der Waals surface area contributed by atoms with E-state index in [1.807, 2.05) is 155 Å². The van der Waals surface area contributed by atoms with Crippen LogP contribution in [0.25, 0.3) is 0 Å². The van der Waals surface area contributed by atoms with Crippen molar-refractivity contribution >= 4 is 34.2 Å². The number of imidazole rings is 1. The molecule has 13 heterocycles. The van der Waals surface area contributed by atoms with Gasteiger partial charge in [0.05, 0.1) is 36.8 Å². The molecule has 0 aromatic carbocycles. The molecule has 0 N–H and O–H groups in total. The van der Waals surface area contributed by atoms with Gasteiger partial charge in [0, 0.05) is 143 Å². The number of aromatic nitrogens is 16. The summed E-state index contributed by atoms with van der Waals surface area (Å²) in [7, 11) is 5.83. The Hall–Kier alpha value is -9.25. The predicted molar refractivity (Wildman–Crippen MR) is 609 cm³/mol. The van der Waals surface area contributed by atoms with Crippen LogP contribution in [0, 0.1) is 70.4 Å². The van der Waals surface area contributed by atoms with Gasteiger partial charge in [-0.3, -0.25) is 24.6 Å². The largest absolute Gasteiger partial charge is 0.473 e. The van der Waals surface area contributed by atoms with E-state index in [9.17, 15) is 0 Å². The number of furan rings is 1. The molecule has 0 unspecified atom stereocenters. The van der Waals surface area contributed by atoms with Crippen molar-refractivity contribution in [2.24, 2.45) is 91.5 Å². The Morgan fingerprint density at radius 2 is 0.577 bits per heavy atom. The highest BCUT2D eigenvalue weighted by atomic mass is 32.1. The van der Waals surface area contributed by atoms with Crippen LogP contribution in [0.1, 0.15) is 360 Å². The van der Waals surface area contributed by atoms with E-state index in [0.717, 1.165) is 0 Å². The van der Waals surface area contributed by atoms with E-state index in [1.54, 1.807) is 163 Å². The molecule has 0 radical (unpaired) electrons. The van der Waals surface area contributed by atoms with Gasteiger partial charge in [-0.05, 0) is 165 Å². The van der Waals surface area contributed by atoms with E-state index in [1.165, 1.54) is 36.8 Å². The lowest BCUT2D eigenvalue weighted by Gasteiger charge is -2.05. The Labute approximate surface area is 858 Å². The molecule has 19 nitrogen and oxygen atoms in total. The average molecular weight is 1960 g/mol. The summed E-state index contributed by atoms with van der Waals surface area (Å²) in [6, 6.07) is 28.4. The van der Waals surface area contributed by atoms with Gasteiger partial charge in [0.2, 0.25) is 0 Å². The second kappa shape index (κ2) is 97.0. The molecule has 0 spiro atoms. The van der Waals surface area contributed by atoms with Crippen molar-refractivity contribution in [3.05, 3.63) is 286 Å². The standard InChI is InChI=1S/C5H7N.C5H5N.13C5H12.2C4H6N2.3C4H4N2.C4H4O.C4H4S.2C3H3NO.2C3H3NS/c1-6-4-2-3-5-6;1-2-4-6-5-3-1;13*1-5(2,3)4;1-6-3-2-5-4-6;1-6-4-2-3-5-6;1-2-6-4-3-5-1;1-2-5-4-6-3-1;1-2-4-6-5-3-1;2*1-2-4-5-3-1;1-2-5-3-4-1;1-2-4-5-3-1;1-2-5-3-4-1;1-2-4-5-3-1/h2-5H,1H3;1-5H;13*1-4H3;2*2-4H,1H3;3*1-4H;2*1-4H;4*1-3H. The van der Waals surface area contributed by atoms with Crippen LogP contribution in [0.3, 0.4) is 0 Å². The summed E-state index contributed by atoms with van der Waals surface area (Å²) in [6.45, 7) is 114. The van der Waals surface area contributed by atoms with Crippen molar-refractivity contribution < 1.29 is 13.4 Å². The highest BCUT2D eigenvalue weighted by Gasteiger charge is 2.02. The molecular weight excluding hydrogens is 1750 g/mol. The molecule has 0 saturated heterocycles. The molecule has 13 aromatic heterocycles. The number of hydrogen-bond acceptors (Lipinski definition) is 19. The molecule has 788 valence electrons. The van der Waals surface area contributed by atoms with Gasteiger partial charge >= 0.3 is 0 Å². The first-order valence-corrected chi connectivity index (χ1v) is 49.6. The number of hydrogen-bond donors (Lipinski definition) is 0. The van der Waals surface area contributed by atoms with E-state index < -0.39 is 0 Å². The van der Waals surface area contributed by atoms with Crippen LogP contribution < -0.4 is 0 Å². The van der Waals surface area contributed by atoms with Crippen molar-refractivity contribution in [3.8, 4) is 0 Å². The second-order valence-corrected chi connectivity index (χ2v) is 53.1. The van der Waals surface area contributed by atoms with Gasteiger partial charge in [-0.2, -0.15) is 26.6 Å². The fourth-order valence-corrected chi connectivity index (χ4v) is 4.48. The minimum atomic E-state index is 0.500. The second-order valence-electron chi connectivity index (χ2n) is 50.8. The molecule has 137 heavy (non-hydrogen) atoms. The normalized spacial score (nSPS) is 10.0. The van der Waals surface area contributed by atoms with Gasteiger partial charge < -0.3 is 22.5 Å². The van der Waals surface area contributed by atoms with Crippen LogP contribution in [0.2, 0.25) is 0 Å². The Kier molecular flexibility index (Phi) is 110. The number of thiazole rings is 1. The zero-order valence-electron chi connectivity index (χ0n) is 98.2. The minimum Gasteiger partial charge on any atom is -0.473 e. The van der Waals surface area contributed by atoms with Crippen LogP contribution in [0.15, 0.2) is 299 Å². The van der Waals surface area contributed by atoms with Crippen molar-refractivity contribution in [2.75, 3.05) is 0 Å². The smallest absolute Gasteiger partial charge is 0.180 e. The number of rotatable bonds is 0. The van der Waals surface area contributed by atoms with Crippen molar-refractivity contribution in [3.63, 3.8) is 0 Å². The monoisotopic (exact) mass is 1960 g/mol. The first-order valence-electron chi connectivity index (χ1n) is 46.8. The third kappa shape index (κ3) is 456. The van der Waals surface area contributed by atoms with Crippen molar-refractivity contribution in [1.82, 2.24) is 78.5 Å². The van der Waals surface area contributed by atoms with Gasteiger partial charge in [0.25, 0.3) is 0 Å². The maximum atomic E-state index is 4.58. The highest BCUT2D eigenvalue weighted by molar-refractivity contribution is 7.07. The van der Waals surface area contributed by atoms with Gasteiger partial charge in [0.1, 0.15) is 18.9 Å². The molecule has 22 heteroatoms. The van der Waals surface area contributed by atoms with Crippen LogP contribution in [-0.2, 0) is 21.1 Å². The average Bonchev–Trinajstić information content (AvgIpc) is 1.91. The molecule has 13 rings (SSSR count). The third-order valence-electron chi connectivity index (χ3n) is 6.27. The summed E-state index contributed by atoms with van der Waals surface area (Å²) in [4.78, 5) is 29.7. The molecule has 0 saturated carbocycles. The number of nitrogens with zero attached hydrogens (tertiary/aromatic N) is 16. The Bertz CT molecular complexity index is 3000. The van der Waals surface area contributed by atoms with Crippen LogP contribution in [-0.4, -0.2) is 78.5 Å². The molecule has 0 aliphatic rings. The first kappa shape index (κ1) is 156. The van der Waals surface area contributed by atoms with E-state index in [0.29, 0.717) is 70.4 Å². The first-order chi connectivity index (χ1) is 61.7.